The molecule has 0 bridgehead atoms. The standard InChI is InChI=1S/C11H11F6Si/c1-18(2,3)8-6-4-5-7(10(12,13)14)9(8)11(15,16)17/h4,6H,1-3H3. The Kier molecular flexibility index (Phi) is 3.59. The van der Waals surface area contributed by atoms with Crippen molar-refractivity contribution < 1.29 is 26.3 Å². The predicted molar refractivity (Wildman–Crippen MR) is 58.3 cm³/mol. The van der Waals surface area contributed by atoms with E-state index in [4.69, 9.17) is 0 Å². The van der Waals surface area contributed by atoms with Gasteiger partial charge in [-0.1, -0.05) is 31.8 Å². The summed E-state index contributed by atoms with van der Waals surface area (Å²) in [7, 11) is -2.54. The first kappa shape index (κ1) is 15.1. The third-order valence-corrected chi connectivity index (χ3v) is 4.40. The van der Waals surface area contributed by atoms with Crippen molar-refractivity contribution in [1.82, 2.24) is 0 Å². The molecule has 0 amide bonds. The highest BCUT2D eigenvalue weighted by Crippen LogP contribution is 2.39. The molecule has 0 heterocycles. The lowest BCUT2D eigenvalue weighted by Gasteiger charge is -2.25. The van der Waals surface area contributed by atoms with Crippen LogP contribution >= 0.6 is 0 Å². The summed E-state index contributed by atoms with van der Waals surface area (Å²) in [5, 5.41) is -0.249. The van der Waals surface area contributed by atoms with E-state index < -0.39 is 31.6 Å². The fourth-order valence-electron chi connectivity index (χ4n) is 1.64. The van der Waals surface area contributed by atoms with Crippen LogP contribution < -0.4 is 5.19 Å². The lowest BCUT2D eigenvalue weighted by Crippen LogP contribution is -2.43. The molecule has 1 aromatic carbocycles. The number of hydrogen-bond acceptors (Lipinski definition) is 0. The second-order valence-corrected chi connectivity index (χ2v) is 9.93. The number of alkyl halides is 6. The number of hydrogen-bond donors (Lipinski definition) is 0. The largest absolute Gasteiger partial charge is 0.417 e. The Bertz CT molecular complexity index is 406. The smallest absolute Gasteiger partial charge is 0.166 e. The predicted octanol–water partition coefficient (Wildman–Crippen LogP) is 4.07. The molecule has 0 nitrogen and oxygen atoms in total. The molecule has 1 aromatic rings. The van der Waals surface area contributed by atoms with Crippen molar-refractivity contribution in [2.45, 2.75) is 32.0 Å². The topological polar surface area (TPSA) is 0 Å². The SMILES string of the molecule is C[Si](C)(C)c1cc[c]c(C(F)(F)F)c1C(F)(F)F. The summed E-state index contributed by atoms with van der Waals surface area (Å²) < 4.78 is 76.5. The van der Waals surface area contributed by atoms with Gasteiger partial charge in [-0.05, 0) is 11.3 Å². The van der Waals surface area contributed by atoms with E-state index in [0.717, 1.165) is 12.1 Å². The molecule has 0 aliphatic rings. The van der Waals surface area contributed by atoms with E-state index in [1.54, 1.807) is 25.7 Å². The van der Waals surface area contributed by atoms with E-state index in [2.05, 4.69) is 0 Å². The van der Waals surface area contributed by atoms with Crippen LogP contribution in [0.15, 0.2) is 12.1 Å². The molecule has 0 unspecified atom stereocenters. The fraction of sp³-hybridized carbons (Fsp3) is 0.455. The first-order chi connectivity index (χ1) is 7.85. The molecule has 0 saturated carbocycles. The van der Waals surface area contributed by atoms with E-state index in [1.165, 1.54) is 0 Å². The van der Waals surface area contributed by atoms with Crippen molar-refractivity contribution >= 4 is 13.3 Å². The third-order valence-electron chi connectivity index (χ3n) is 2.37. The lowest BCUT2D eigenvalue weighted by molar-refractivity contribution is -0.161. The molecule has 0 saturated heterocycles. The van der Waals surface area contributed by atoms with Crippen LogP contribution in [0.1, 0.15) is 11.1 Å². The van der Waals surface area contributed by atoms with Crippen LogP contribution in [0.4, 0.5) is 26.3 Å². The van der Waals surface area contributed by atoms with Crippen LogP contribution in [0.3, 0.4) is 0 Å². The summed E-state index contributed by atoms with van der Waals surface area (Å²) >= 11 is 0. The van der Waals surface area contributed by atoms with Crippen molar-refractivity contribution in [2.75, 3.05) is 0 Å². The molecule has 0 N–H and O–H groups in total. The van der Waals surface area contributed by atoms with Gasteiger partial charge in [0, 0.05) is 0 Å². The van der Waals surface area contributed by atoms with Crippen LogP contribution in [0, 0.1) is 6.07 Å². The summed E-state index contributed by atoms with van der Waals surface area (Å²) in [5.41, 5.74) is -3.31. The molecule has 0 fully saturated rings. The number of halogens is 6. The van der Waals surface area contributed by atoms with E-state index in [1.807, 2.05) is 0 Å². The van der Waals surface area contributed by atoms with Gasteiger partial charge >= 0.3 is 12.4 Å². The van der Waals surface area contributed by atoms with Gasteiger partial charge in [-0.15, -0.1) is 0 Å². The summed E-state index contributed by atoms with van der Waals surface area (Å²) in [6.45, 7) is 4.70. The summed E-state index contributed by atoms with van der Waals surface area (Å²) in [5.74, 6) is 0. The van der Waals surface area contributed by atoms with Crippen molar-refractivity contribution in [1.29, 1.82) is 0 Å². The molecule has 0 aliphatic heterocycles. The highest BCUT2D eigenvalue weighted by atomic mass is 28.3. The Morgan fingerprint density at radius 2 is 1.44 bits per heavy atom. The molecule has 0 spiro atoms. The Balaban J connectivity index is 3.68. The Hall–Kier alpha value is -0.983. The maximum atomic E-state index is 12.9. The maximum Gasteiger partial charge on any atom is 0.417 e. The first-order valence-electron chi connectivity index (χ1n) is 5.04. The molecule has 0 atom stereocenters. The normalized spacial score (nSPS) is 13.8. The molecular formula is C11H11F6Si. The van der Waals surface area contributed by atoms with E-state index in [0.29, 0.717) is 0 Å². The van der Waals surface area contributed by atoms with Gasteiger partial charge < -0.3 is 0 Å². The Morgan fingerprint density at radius 1 is 0.944 bits per heavy atom. The minimum absolute atomic E-state index is 0.249. The molecule has 18 heavy (non-hydrogen) atoms. The fourth-order valence-corrected chi connectivity index (χ4v) is 3.24. The van der Waals surface area contributed by atoms with Crippen LogP contribution in [-0.2, 0) is 12.4 Å². The van der Waals surface area contributed by atoms with Crippen LogP contribution in [0.2, 0.25) is 19.6 Å². The Labute approximate surface area is 102 Å². The second-order valence-electron chi connectivity index (χ2n) is 4.89. The molecular weight excluding hydrogens is 274 g/mol. The minimum atomic E-state index is -5.06. The summed E-state index contributed by atoms with van der Waals surface area (Å²) in [6, 6.07) is 3.67. The van der Waals surface area contributed by atoms with Crippen molar-refractivity contribution in [3.05, 3.63) is 29.3 Å². The molecule has 1 rings (SSSR count). The molecule has 101 valence electrons. The van der Waals surface area contributed by atoms with Crippen LogP contribution in [0.5, 0.6) is 0 Å². The van der Waals surface area contributed by atoms with Gasteiger partial charge in [-0.25, -0.2) is 0 Å². The minimum Gasteiger partial charge on any atom is -0.166 e. The quantitative estimate of drug-likeness (QED) is 0.539. The molecule has 1 radical (unpaired) electrons. The van der Waals surface area contributed by atoms with Gasteiger partial charge in [0.15, 0.2) is 0 Å². The monoisotopic (exact) mass is 285 g/mol. The van der Waals surface area contributed by atoms with E-state index >= 15 is 0 Å². The average Bonchev–Trinajstić information content (AvgIpc) is 2.12. The maximum absolute atomic E-state index is 12.9. The van der Waals surface area contributed by atoms with Crippen molar-refractivity contribution in [3.8, 4) is 0 Å². The van der Waals surface area contributed by atoms with Gasteiger partial charge in [0.2, 0.25) is 0 Å². The zero-order chi connectivity index (χ0) is 14.4. The second kappa shape index (κ2) is 4.29. The van der Waals surface area contributed by atoms with Gasteiger partial charge in [-0.2, -0.15) is 26.3 Å². The zero-order valence-electron chi connectivity index (χ0n) is 9.92. The van der Waals surface area contributed by atoms with E-state index in [9.17, 15) is 26.3 Å². The van der Waals surface area contributed by atoms with Gasteiger partial charge in [-0.3, -0.25) is 0 Å². The van der Waals surface area contributed by atoms with Crippen molar-refractivity contribution in [3.63, 3.8) is 0 Å². The van der Waals surface area contributed by atoms with E-state index in [-0.39, 0.29) is 5.19 Å². The van der Waals surface area contributed by atoms with Gasteiger partial charge in [0.1, 0.15) is 0 Å². The summed E-state index contributed by atoms with van der Waals surface area (Å²) in [6.07, 6.45) is -10.1. The van der Waals surface area contributed by atoms with Gasteiger partial charge in [0.25, 0.3) is 0 Å². The average molecular weight is 285 g/mol. The lowest BCUT2D eigenvalue weighted by atomic mass is 10.1. The zero-order valence-corrected chi connectivity index (χ0v) is 10.9. The number of benzene rings is 1. The molecule has 0 aromatic heterocycles. The molecule has 7 heteroatoms. The molecule has 0 aliphatic carbocycles. The van der Waals surface area contributed by atoms with Gasteiger partial charge in [0.05, 0.1) is 19.2 Å². The van der Waals surface area contributed by atoms with Crippen LogP contribution in [-0.4, -0.2) is 8.07 Å². The summed E-state index contributed by atoms with van der Waals surface area (Å²) in [4.78, 5) is 0. The first-order valence-corrected chi connectivity index (χ1v) is 8.54. The highest BCUT2D eigenvalue weighted by molar-refractivity contribution is 6.89. The highest BCUT2D eigenvalue weighted by Gasteiger charge is 2.46. The van der Waals surface area contributed by atoms with Crippen molar-refractivity contribution in [2.24, 2.45) is 0 Å². The number of rotatable bonds is 1. The Morgan fingerprint density at radius 3 is 1.78 bits per heavy atom. The van der Waals surface area contributed by atoms with Crippen LogP contribution in [0.25, 0.3) is 0 Å². The third kappa shape index (κ3) is 3.07.